The number of carboxylic acid groups (broad SMARTS) is 1. The van der Waals surface area contributed by atoms with E-state index in [0.29, 0.717) is 13.0 Å². The number of rotatable bonds is 8. The van der Waals surface area contributed by atoms with Crippen molar-refractivity contribution in [3.63, 3.8) is 0 Å². The van der Waals surface area contributed by atoms with Crippen LogP contribution in [-0.2, 0) is 16.0 Å². The van der Waals surface area contributed by atoms with Crippen LogP contribution in [0.25, 0.3) is 0 Å². The van der Waals surface area contributed by atoms with E-state index in [9.17, 15) is 9.59 Å². The van der Waals surface area contributed by atoms with Crippen molar-refractivity contribution in [2.45, 2.75) is 45.6 Å². The largest absolute Gasteiger partial charge is 0.494 e. The van der Waals surface area contributed by atoms with Crippen molar-refractivity contribution >= 4 is 11.9 Å². The Hall–Kier alpha value is -2.04. The molecule has 0 saturated heterocycles. The maximum absolute atomic E-state index is 12.0. The molecule has 0 aliphatic rings. The number of carboxylic acids is 1. The molecule has 0 atom stereocenters. The standard InChI is InChI=1S/C16H23NO4/c1-4-21-13-7-5-12(6-8-13)11-14(18)17-16(2,3)10-9-15(19)20/h5-8H,4,9-11H2,1-3H3,(H,17,18)(H,19,20). The molecule has 1 amide bonds. The first-order chi connectivity index (χ1) is 9.82. The molecule has 1 aromatic rings. The Balaban J connectivity index is 2.50. The highest BCUT2D eigenvalue weighted by atomic mass is 16.5. The van der Waals surface area contributed by atoms with Gasteiger partial charge < -0.3 is 15.2 Å². The number of nitrogens with one attached hydrogen (secondary N) is 1. The summed E-state index contributed by atoms with van der Waals surface area (Å²) in [5.41, 5.74) is 0.366. The fourth-order valence-corrected chi connectivity index (χ4v) is 1.96. The van der Waals surface area contributed by atoms with Crippen LogP contribution < -0.4 is 10.1 Å². The molecule has 0 bridgehead atoms. The third kappa shape index (κ3) is 6.79. The number of carbonyl (C=O) groups excluding carboxylic acids is 1. The van der Waals surface area contributed by atoms with Gasteiger partial charge in [-0.1, -0.05) is 12.1 Å². The van der Waals surface area contributed by atoms with Crippen molar-refractivity contribution in [2.24, 2.45) is 0 Å². The normalized spacial score (nSPS) is 11.0. The molecular formula is C16H23NO4. The molecule has 0 unspecified atom stereocenters. The van der Waals surface area contributed by atoms with Crippen molar-refractivity contribution in [3.05, 3.63) is 29.8 Å². The highest BCUT2D eigenvalue weighted by Gasteiger charge is 2.21. The van der Waals surface area contributed by atoms with Crippen LogP contribution in [-0.4, -0.2) is 29.1 Å². The molecule has 5 heteroatoms. The molecule has 1 aromatic carbocycles. The summed E-state index contributed by atoms with van der Waals surface area (Å²) in [5.74, 6) is -0.193. The third-order valence-corrected chi connectivity index (χ3v) is 3.04. The van der Waals surface area contributed by atoms with E-state index < -0.39 is 11.5 Å². The number of amides is 1. The van der Waals surface area contributed by atoms with Gasteiger partial charge in [0.25, 0.3) is 0 Å². The minimum atomic E-state index is -0.858. The smallest absolute Gasteiger partial charge is 0.303 e. The van der Waals surface area contributed by atoms with Crippen molar-refractivity contribution in [3.8, 4) is 5.75 Å². The second-order valence-corrected chi connectivity index (χ2v) is 5.58. The van der Waals surface area contributed by atoms with Gasteiger partial charge in [-0.05, 0) is 44.9 Å². The maximum Gasteiger partial charge on any atom is 0.303 e. The average Bonchev–Trinajstić information content (AvgIpc) is 2.38. The molecule has 2 N–H and O–H groups in total. The summed E-state index contributed by atoms with van der Waals surface area (Å²) in [4.78, 5) is 22.6. The number of hydrogen-bond acceptors (Lipinski definition) is 3. The average molecular weight is 293 g/mol. The monoisotopic (exact) mass is 293 g/mol. The van der Waals surface area contributed by atoms with Crippen LogP contribution in [0.2, 0.25) is 0 Å². The van der Waals surface area contributed by atoms with Gasteiger partial charge in [-0.2, -0.15) is 0 Å². The van der Waals surface area contributed by atoms with Crippen LogP contribution in [0.3, 0.4) is 0 Å². The van der Waals surface area contributed by atoms with E-state index in [1.54, 1.807) is 0 Å². The van der Waals surface area contributed by atoms with Gasteiger partial charge in [0.2, 0.25) is 5.91 Å². The van der Waals surface area contributed by atoms with E-state index in [0.717, 1.165) is 11.3 Å². The number of hydrogen-bond donors (Lipinski definition) is 2. The predicted octanol–water partition coefficient (Wildman–Crippen LogP) is 2.39. The number of aliphatic carboxylic acids is 1. The van der Waals surface area contributed by atoms with E-state index in [1.165, 1.54) is 0 Å². The first-order valence-electron chi connectivity index (χ1n) is 7.07. The Morgan fingerprint density at radius 3 is 2.38 bits per heavy atom. The van der Waals surface area contributed by atoms with Crippen LogP contribution in [0.15, 0.2) is 24.3 Å². The molecule has 0 heterocycles. The zero-order chi connectivity index (χ0) is 15.9. The Morgan fingerprint density at radius 1 is 1.24 bits per heavy atom. The van der Waals surface area contributed by atoms with E-state index in [1.807, 2.05) is 45.0 Å². The summed E-state index contributed by atoms with van der Waals surface area (Å²) in [6.07, 6.45) is 0.705. The van der Waals surface area contributed by atoms with Crippen molar-refractivity contribution in [1.82, 2.24) is 5.32 Å². The first-order valence-corrected chi connectivity index (χ1v) is 7.07. The zero-order valence-corrected chi connectivity index (χ0v) is 12.8. The SMILES string of the molecule is CCOc1ccc(CC(=O)NC(C)(C)CCC(=O)O)cc1. The molecule has 21 heavy (non-hydrogen) atoms. The second-order valence-electron chi connectivity index (χ2n) is 5.58. The Morgan fingerprint density at radius 2 is 1.86 bits per heavy atom. The van der Waals surface area contributed by atoms with Gasteiger partial charge >= 0.3 is 5.97 Å². The summed E-state index contributed by atoms with van der Waals surface area (Å²) in [6, 6.07) is 7.38. The van der Waals surface area contributed by atoms with Gasteiger partial charge in [-0.3, -0.25) is 9.59 Å². The molecular weight excluding hydrogens is 270 g/mol. The van der Waals surface area contributed by atoms with Crippen LogP contribution in [0.5, 0.6) is 5.75 Å². The molecule has 0 fully saturated rings. The van der Waals surface area contributed by atoms with Crippen molar-refractivity contribution in [1.29, 1.82) is 0 Å². The molecule has 0 spiro atoms. The minimum absolute atomic E-state index is 0.0380. The second kappa shape index (κ2) is 7.67. The van der Waals surface area contributed by atoms with Gasteiger partial charge in [0.1, 0.15) is 5.75 Å². The molecule has 0 aliphatic heterocycles. The van der Waals surface area contributed by atoms with Crippen LogP contribution in [0.4, 0.5) is 0 Å². The lowest BCUT2D eigenvalue weighted by atomic mass is 9.98. The highest BCUT2D eigenvalue weighted by molar-refractivity contribution is 5.79. The summed E-state index contributed by atoms with van der Waals surface area (Å²) >= 11 is 0. The van der Waals surface area contributed by atoms with Gasteiger partial charge in [0.05, 0.1) is 13.0 Å². The number of ether oxygens (including phenoxy) is 1. The molecule has 0 aromatic heterocycles. The van der Waals surface area contributed by atoms with E-state index >= 15 is 0 Å². The summed E-state index contributed by atoms with van der Waals surface area (Å²) in [6.45, 7) is 6.18. The Bertz CT molecular complexity index is 480. The predicted molar refractivity (Wildman–Crippen MR) is 80.4 cm³/mol. The molecule has 5 nitrogen and oxygen atoms in total. The van der Waals surface area contributed by atoms with Crippen molar-refractivity contribution in [2.75, 3.05) is 6.61 Å². The zero-order valence-electron chi connectivity index (χ0n) is 12.8. The third-order valence-electron chi connectivity index (χ3n) is 3.04. The van der Waals surface area contributed by atoms with Crippen LogP contribution >= 0.6 is 0 Å². The fourth-order valence-electron chi connectivity index (χ4n) is 1.96. The Labute approximate surface area is 125 Å². The maximum atomic E-state index is 12.0. The fraction of sp³-hybridized carbons (Fsp3) is 0.500. The lowest BCUT2D eigenvalue weighted by Gasteiger charge is -2.25. The molecule has 0 radical (unpaired) electrons. The lowest BCUT2D eigenvalue weighted by Crippen LogP contribution is -2.44. The van der Waals surface area contributed by atoms with Gasteiger partial charge in [0.15, 0.2) is 0 Å². The van der Waals surface area contributed by atoms with E-state index in [2.05, 4.69) is 5.32 Å². The van der Waals surface area contributed by atoms with Crippen LogP contribution in [0, 0.1) is 0 Å². The van der Waals surface area contributed by atoms with E-state index in [-0.39, 0.29) is 18.7 Å². The van der Waals surface area contributed by atoms with Crippen molar-refractivity contribution < 1.29 is 19.4 Å². The number of benzene rings is 1. The molecule has 1 rings (SSSR count). The molecule has 0 aliphatic carbocycles. The van der Waals surface area contributed by atoms with Gasteiger partial charge in [-0.15, -0.1) is 0 Å². The number of carbonyl (C=O) groups is 2. The molecule has 116 valence electrons. The minimum Gasteiger partial charge on any atom is -0.494 e. The summed E-state index contributed by atoms with van der Waals surface area (Å²) in [7, 11) is 0. The van der Waals surface area contributed by atoms with Gasteiger partial charge in [0, 0.05) is 12.0 Å². The lowest BCUT2D eigenvalue weighted by molar-refractivity contribution is -0.137. The topological polar surface area (TPSA) is 75.6 Å². The first kappa shape index (κ1) is 17.0. The highest BCUT2D eigenvalue weighted by Crippen LogP contribution is 2.14. The summed E-state index contributed by atoms with van der Waals surface area (Å²) in [5, 5.41) is 11.6. The van der Waals surface area contributed by atoms with Crippen LogP contribution in [0.1, 0.15) is 39.2 Å². The van der Waals surface area contributed by atoms with Gasteiger partial charge in [-0.25, -0.2) is 0 Å². The quantitative estimate of drug-likeness (QED) is 0.771. The summed E-state index contributed by atoms with van der Waals surface area (Å²) < 4.78 is 5.34. The van der Waals surface area contributed by atoms with E-state index in [4.69, 9.17) is 9.84 Å². The Kier molecular flexibility index (Phi) is 6.21. The molecule has 0 saturated carbocycles.